The second kappa shape index (κ2) is 9.61. The highest BCUT2D eigenvalue weighted by Gasteiger charge is 2.14. The molecular weight excluding hydrogens is 435 g/mol. The number of thioether (sulfide) groups is 1. The first-order valence-electron chi connectivity index (χ1n) is 8.42. The summed E-state index contributed by atoms with van der Waals surface area (Å²) in [5.74, 6) is 0.168. The number of benzene rings is 2. The van der Waals surface area contributed by atoms with Crippen LogP contribution in [0.3, 0.4) is 0 Å². The van der Waals surface area contributed by atoms with Gasteiger partial charge in [0, 0.05) is 26.4 Å². The number of hydrogen-bond acceptors (Lipinski definition) is 5. The third-order valence-electron chi connectivity index (χ3n) is 3.94. The Morgan fingerprint density at radius 1 is 1.04 bits per heavy atom. The van der Waals surface area contributed by atoms with Gasteiger partial charge in [0.25, 0.3) is 0 Å². The number of nitrogens with two attached hydrogens (primary N) is 1. The van der Waals surface area contributed by atoms with Crippen LogP contribution < -0.4 is 5.73 Å². The van der Waals surface area contributed by atoms with E-state index in [2.05, 4.69) is 21.3 Å². The molecule has 144 valence electrons. The van der Waals surface area contributed by atoms with Crippen LogP contribution in [0.25, 0.3) is 0 Å². The summed E-state index contributed by atoms with van der Waals surface area (Å²) in [5, 5.41) is 9.68. The molecule has 0 amide bonds. The maximum Gasteiger partial charge on any atom is 0.240 e. The van der Waals surface area contributed by atoms with Gasteiger partial charge in [-0.2, -0.15) is 5.10 Å². The van der Waals surface area contributed by atoms with E-state index in [4.69, 9.17) is 40.5 Å². The van der Waals surface area contributed by atoms with E-state index in [-0.39, 0.29) is 11.2 Å². The van der Waals surface area contributed by atoms with Gasteiger partial charge < -0.3 is 5.73 Å². The quantitative estimate of drug-likeness (QED) is 0.349. The van der Waals surface area contributed by atoms with Crippen LogP contribution in [0, 0.1) is 6.92 Å². The standard InChI is InChI=1S/C20H17Cl3N4S/c1-12-18(25-20(24)27-26-12)3-2-4-19(16-10-7-14(22)11-17(16)23)28-15-8-5-13(21)6-9-15/h2,4-11,19H,3H2,1H3,(H2,24,25,27)/b4-2+. The number of anilines is 1. The summed E-state index contributed by atoms with van der Waals surface area (Å²) in [6, 6.07) is 13.2. The Labute approximate surface area is 183 Å². The van der Waals surface area contributed by atoms with Gasteiger partial charge in [0.2, 0.25) is 5.95 Å². The maximum absolute atomic E-state index is 6.46. The van der Waals surface area contributed by atoms with E-state index in [1.165, 1.54) is 0 Å². The van der Waals surface area contributed by atoms with E-state index in [9.17, 15) is 0 Å². The molecule has 1 heterocycles. The van der Waals surface area contributed by atoms with Crippen LogP contribution >= 0.6 is 46.6 Å². The molecule has 3 rings (SSSR count). The minimum atomic E-state index is -0.0154. The predicted octanol–water partition coefficient (Wildman–Crippen LogP) is 6.35. The molecule has 1 aromatic heterocycles. The van der Waals surface area contributed by atoms with Gasteiger partial charge in [0.1, 0.15) is 0 Å². The first kappa shape index (κ1) is 20.9. The number of nitrogens with zero attached hydrogens (tertiary/aromatic N) is 3. The van der Waals surface area contributed by atoms with Gasteiger partial charge in [-0.3, -0.25) is 0 Å². The van der Waals surface area contributed by atoms with Gasteiger partial charge in [-0.05, 0) is 48.9 Å². The van der Waals surface area contributed by atoms with Crippen LogP contribution in [0.2, 0.25) is 15.1 Å². The third kappa shape index (κ3) is 5.61. The SMILES string of the molecule is Cc1nnc(N)nc1C/C=C/C(Sc1ccc(Cl)cc1)c1ccc(Cl)cc1Cl. The molecule has 2 aromatic carbocycles. The van der Waals surface area contributed by atoms with Gasteiger partial charge in [0.05, 0.1) is 16.6 Å². The van der Waals surface area contributed by atoms with E-state index in [1.807, 2.05) is 49.4 Å². The molecule has 2 N–H and O–H groups in total. The lowest BCUT2D eigenvalue weighted by Gasteiger charge is -2.15. The number of hydrogen-bond donors (Lipinski definition) is 1. The number of halogens is 3. The summed E-state index contributed by atoms with van der Waals surface area (Å²) in [6.45, 7) is 1.86. The molecule has 0 aliphatic carbocycles. The third-order valence-corrected chi connectivity index (χ3v) is 5.96. The Bertz CT molecular complexity index is 993. The molecule has 0 saturated carbocycles. The van der Waals surface area contributed by atoms with Gasteiger partial charge in [-0.25, -0.2) is 4.98 Å². The monoisotopic (exact) mass is 450 g/mol. The second-order valence-electron chi connectivity index (χ2n) is 5.99. The number of aromatic nitrogens is 3. The first-order chi connectivity index (χ1) is 13.4. The highest BCUT2D eigenvalue weighted by atomic mass is 35.5. The van der Waals surface area contributed by atoms with Crippen LogP contribution in [-0.2, 0) is 6.42 Å². The zero-order valence-electron chi connectivity index (χ0n) is 14.9. The van der Waals surface area contributed by atoms with E-state index in [0.29, 0.717) is 21.5 Å². The van der Waals surface area contributed by atoms with Crippen LogP contribution in [0.1, 0.15) is 22.2 Å². The van der Waals surface area contributed by atoms with Crippen molar-refractivity contribution in [1.29, 1.82) is 0 Å². The molecule has 1 atom stereocenters. The van der Waals surface area contributed by atoms with Crippen molar-refractivity contribution >= 4 is 52.5 Å². The molecule has 3 aromatic rings. The van der Waals surface area contributed by atoms with E-state index in [0.717, 1.165) is 21.8 Å². The lowest BCUT2D eigenvalue weighted by atomic mass is 10.1. The van der Waals surface area contributed by atoms with Crippen molar-refractivity contribution in [1.82, 2.24) is 15.2 Å². The van der Waals surface area contributed by atoms with E-state index < -0.39 is 0 Å². The molecule has 8 heteroatoms. The zero-order valence-corrected chi connectivity index (χ0v) is 18.0. The molecule has 0 fully saturated rings. The highest BCUT2D eigenvalue weighted by Crippen LogP contribution is 2.40. The van der Waals surface area contributed by atoms with Gasteiger partial charge in [0.15, 0.2) is 0 Å². The first-order valence-corrected chi connectivity index (χ1v) is 10.4. The van der Waals surface area contributed by atoms with Crippen LogP contribution in [0.5, 0.6) is 0 Å². The van der Waals surface area contributed by atoms with E-state index >= 15 is 0 Å². The van der Waals surface area contributed by atoms with Crippen molar-refractivity contribution in [3.05, 3.63) is 86.6 Å². The molecule has 0 aliphatic rings. The van der Waals surface area contributed by atoms with Crippen molar-refractivity contribution in [3.8, 4) is 0 Å². The average Bonchev–Trinajstić information content (AvgIpc) is 2.65. The summed E-state index contributed by atoms with van der Waals surface area (Å²) >= 11 is 20.2. The summed E-state index contributed by atoms with van der Waals surface area (Å²) in [5.41, 5.74) is 8.16. The Balaban J connectivity index is 1.86. The summed E-state index contributed by atoms with van der Waals surface area (Å²) in [7, 11) is 0. The highest BCUT2D eigenvalue weighted by molar-refractivity contribution is 7.99. The Morgan fingerprint density at radius 2 is 1.75 bits per heavy atom. The number of allylic oxidation sites excluding steroid dienone is 1. The van der Waals surface area contributed by atoms with Gasteiger partial charge in [-0.1, -0.05) is 53.0 Å². The fourth-order valence-corrected chi connectivity index (χ4v) is 4.35. The summed E-state index contributed by atoms with van der Waals surface area (Å²) in [6.07, 6.45) is 4.72. The van der Waals surface area contributed by atoms with Crippen LogP contribution in [0.4, 0.5) is 5.95 Å². The minimum absolute atomic E-state index is 0.0154. The molecule has 0 bridgehead atoms. The fraction of sp³-hybridized carbons (Fsp3) is 0.150. The topological polar surface area (TPSA) is 64.7 Å². The van der Waals surface area contributed by atoms with Crippen molar-refractivity contribution in [2.24, 2.45) is 0 Å². The Kier molecular flexibility index (Phi) is 7.18. The van der Waals surface area contributed by atoms with Gasteiger partial charge >= 0.3 is 0 Å². The minimum Gasteiger partial charge on any atom is -0.366 e. The second-order valence-corrected chi connectivity index (χ2v) is 8.49. The molecule has 1 unspecified atom stereocenters. The van der Waals surface area contributed by atoms with Crippen LogP contribution in [-0.4, -0.2) is 15.2 Å². The summed E-state index contributed by atoms with van der Waals surface area (Å²) < 4.78 is 0. The largest absolute Gasteiger partial charge is 0.366 e. The normalized spacial score (nSPS) is 12.4. The molecule has 0 radical (unpaired) electrons. The van der Waals surface area contributed by atoms with Crippen molar-refractivity contribution in [2.45, 2.75) is 23.5 Å². The molecule has 0 spiro atoms. The average molecular weight is 452 g/mol. The number of rotatable bonds is 6. The predicted molar refractivity (Wildman–Crippen MR) is 118 cm³/mol. The number of aryl methyl sites for hydroxylation is 1. The molecule has 0 saturated heterocycles. The number of nitrogen functional groups attached to an aromatic ring is 1. The maximum atomic E-state index is 6.46. The fourth-order valence-electron chi connectivity index (χ4n) is 2.52. The molecule has 28 heavy (non-hydrogen) atoms. The lowest BCUT2D eigenvalue weighted by Crippen LogP contribution is -2.04. The Hall–Kier alpha value is -1.79. The smallest absolute Gasteiger partial charge is 0.240 e. The Morgan fingerprint density at radius 3 is 2.46 bits per heavy atom. The van der Waals surface area contributed by atoms with Crippen LogP contribution in [0.15, 0.2) is 59.5 Å². The van der Waals surface area contributed by atoms with Crippen molar-refractivity contribution in [2.75, 3.05) is 5.73 Å². The van der Waals surface area contributed by atoms with E-state index in [1.54, 1.807) is 17.8 Å². The molecule has 4 nitrogen and oxygen atoms in total. The van der Waals surface area contributed by atoms with Gasteiger partial charge in [-0.15, -0.1) is 16.9 Å². The lowest BCUT2D eigenvalue weighted by molar-refractivity contribution is 0.889. The summed E-state index contributed by atoms with van der Waals surface area (Å²) in [4.78, 5) is 5.33. The van der Waals surface area contributed by atoms with Crippen molar-refractivity contribution < 1.29 is 0 Å². The molecular formula is C20H17Cl3N4S. The van der Waals surface area contributed by atoms with Crippen molar-refractivity contribution in [3.63, 3.8) is 0 Å². The zero-order chi connectivity index (χ0) is 20.1. The molecule has 0 aliphatic heterocycles.